The van der Waals surface area contributed by atoms with Crippen molar-refractivity contribution in [3.8, 4) is 0 Å². The van der Waals surface area contributed by atoms with E-state index in [4.69, 9.17) is 0 Å². The number of alkyl halides is 3. The molecule has 5 nitrogen and oxygen atoms in total. The van der Waals surface area contributed by atoms with Crippen LogP contribution in [0.15, 0.2) is 18.2 Å². The number of halogens is 3. The van der Waals surface area contributed by atoms with E-state index in [-0.39, 0.29) is 5.41 Å². The van der Waals surface area contributed by atoms with Crippen molar-refractivity contribution >= 4 is 11.8 Å². The second-order valence-corrected chi connectivity index (χ2v) is 10.8. The molecule has 3 fully saturated rings. The van der Waals surface area contributed by atoms with Crippen molar-refractivity contribution in [2.45, 2.75) is 71.7 Å². The fourth-order valence-electron chi connectivity index (χ4n) is 5.78. The van der Waals surface area contributed by atoms with Crippen molar-refractivity contribution in [1.82, 2.24) is 9.80 Å². The number of carbonyl (C=O) groups excluding carboxylic acids is 1. The highest BCUT2D eigenvalue weighted by Crippen LogP contribution is 2.41. The van der Waals surface area contributed by atoms with E-state index in [2.05, 4.69) is 46.6 Å². The number of nitrogens with zero attached hydrogens (tertiary/aromatic N) is 3. The van der Waals surface area contributed by atoms with E-state index < -0.39 is 18.4 Å². The molecule has 0 N–H and O–H groups in total. The molecule has 4 rings (SSSR count). The van der Waals surface area contributed by atoms with Crippen LogP contribution in [-0.4, -0.2) is 67.4 Å². The third kappa shape index (κ3) is 5.81. The van der Waals surface area contributed by atoms with Crippen LogP contribution in [0.25, 0.3) is 0 Å². The maximum Gasteiger partial charge on any atom is 0.425 e. The van der Waals surface area contributed by atoms with E-state index in [1.54, 1.807) is 0 Å². The van der Waals surface area contributed by atoms with Gasteiger partial charge in [-0.3, -0.25) is 4.90 Å². The predicted molar refractivity (Wildman–Crippen MR) is 127 cm³/mol. The van der Waals surface area contributed by atoms with Gasteiger partial charge in [0.05, 0.1) is 0 Å². The Kier molecular flexibility index (Phi) is 7.36. The standard InChI is InChI=1S/C26H38F3N3O2/c1-19-6-7-22(23(15-19)32-11-4-5-20(2)16-32)17-30-12-8-25(18-30)9-13-31(14-10-25)24(33)34-21(3)26(27,28)29/h6-7,15,20-21H,4-5,8-14,16-18H2,1-3H3. The second-order valence-electron chi connectivity index (χ2n) is 10.8. The number of benzene rings is 1. The van der Waals surface area contributed by atoms with Crippen LogP contribution in [0.5, 0.6) is 0 Å². The van der Waals surface area contributed by atoms with Crippen molar-refractivity contribution in [2.75, 3.05) is 44.2 Å². The monoisotopic (exact) mass is 481 g/mol. The van der Waals surface area contributed by atoms with Gasteiger partial charge in [0.2, 0.25) is 0 Å². The summed E-state index contributed by atoms with van der Waals surface area (Å²) in [6.07, 6.45) is -2.24. The zero-order valence-corrected chi connectivity index (χ0v) is 20.7. The van der Waals surface area contributed by atoms with Crippen molar-refractivity contribution < 1.29 is 22.7 Å². The average molecular weight is 482 g/mol. The SMILES string of the molecule is Cc1ccc(CN2CCC3(CCN(C(=O)OC(C)C(F)(F)F)CC3)C2)c(N2CCCC(C)C2)c1. The number of hydrogen-bond acceptors (Lipinski definition) is 4. The molecule has 0 bridgehead atoms. The molecule has 2 unspecified atom stereocenters. The highest BCUT2D eigenvalue weighted by molar-refractivity contribution is 5.68. The first-order valence-electron chi connectivity index (χ1n) is 12.6. The van der Waals surface area contributed by atoms with Crippen LogP contribution in [0.1, 0.15) is 57.1 Å². The summed E-state index contributed by atoms with van der Waals surface area (Å²) in [5.41, 5.74) is 4.16. The Morgan fingerprint density at radius 2 is 1.88 bits per heavy atom. The Balaban J connectivity index is 1.34. The number of anilines is 1. The molecule has 34 heavy (non-hydrogen) atoms. The number of likely N-dealkylation sites (tertiary alicyclic amines) is 2. The zero-order chi connectivity index (χ0) is 24.5. The molecule has 0 aromatic heterocycles. The number of aryl methyl sites for hydroxylation is 1. The second kappa shape index (κ2) is 9.96. The van der Waals surface area contributed by atoms with Gasteiger partial charge >= 0.3 is 12.3 Å². The van der Waals surface area contributed by atoms with Crippen molar-refractivity contribution in [2.24, 2.45) is 11.3 Å². The van der Waals surface area contributed by atoms with E-state index >= 15 is 0 Å². The zero-order valence-electron chi connectivity index (χ0n) is 20.7. The molecular weight excluding hydrogens is 443 g/mol. The fourth-order valence-corrected chi connectivity index (χ4v) is 5.78. The Morgan fingerprint density at radius 3 is 2.56 bits per heavy atom. The van der Waals surface area contributed by atoms with Gasteiger partial charge in [0.1, 0.15) is 0 Å². The van der Waals surface area contributed by atoms with Crippen LogP contribution in [0.4, 0.5) is 23.7 Å². The van der Waals surface area contributed by atoms with Gasteiger partial charge in [0.25, 0.3) is 0 Å². The van der Waals surface area contributed by atoms with Crippen LogP contribution in [0, 0.1) is 18.3 Å². The van der Waals surface area contributed by atoms with Crippen molar-refractivity contribution in [3.63, 3.8) is 0 Å². The fraction of sp³-hybridized carbons (Fsp3) is 0.731. The van der Waals surface area contributed by atoms with Crippen LogP contribution in [0.2, 0.25) is 0 Å². The summed E-state index contributed by atoms with van der Waals surface area (Å²) in [5.74, 6) is 0.716. The van der Waals surface area contributed by atoms with Gasteiger partial charge in [-0.15, -0.1) is 0 Å². The molecule has 0 radical (unpaired) electrons. The van der Waals surface area contributed by atoms with E-state index in [0.29, 0.717) is 19.0 Å². The lowest BCUT2D eigenvalue weighted by atomic mass is 9.78. The van der Waals surface area contributed by atoms with Gasteiger partial charge in [-0.1, -0.05) is 19.1 Å². The molecule has 0 aliphatic carbocycles. The van der Waals surface area contributed by atoms with Gasteiger partial charge in [-0.2, -0.15) is 13.2 Å². The number of ether oxygens (including phenoxy) is 1. The third-order valence-corrected chi connectivity index (χ3v) is 7.97. The molecular formula is C26H38F3N3O2. The van der Waals surface area contributed by atoms with E-state index in [9.17, 15) is 18.0 Å². The summed E-state index contributed by atoms with van der Waals surface area (Å²) in [6.45, 7) is 11.4. The average Bonchev–Trinajstić information content (AvgIpc) is 3.16. The molecule has 3 aliphatic rings. The predicted octanol–water partition coefficient (Wildman–Crippen LogP) is 5.61. The Bertz CT molecular complexity index is 867. The Labute approximate surface area is 201 Å². The van der Waals surface area contributed by atoms with Crippen LogP contribution >= 0.6 is 0 Å². The highest BCUT2D eigenvalue weighted by Gasteiger charge is 2.44. The molecule has 1 amide bonds. The summed E-state index contributed by atoms with van der Waals surface area (Å²) in [6, 6.07) is 6.80. The first-order chi connectivity index (χ1) is 16.0. The van der Waals surface area contributed by atoms with E-state index in [1.807, 2.05) is 0 Å². The van der Waals surface area contributed by atoms with Crippen LogP contribution < -0.4 is 4.90 Å². The van der Waals surface area contributed by atoms with Gasteiger partial charge in [0, 0.05) is 45.0 Å². The summed E-state index contributed by atoms with van der Waals surface area (Å²) in [5, 5.41) is 0. The minimum absolute atomic E-state index is 0.136. The van der Waals surface area contributed by atoms with E-state index in [0.717, 1.165) is 58.9 Å². The minimum Gasteiger partial charge on any atom is -0.437 e. The largest absolute Gasteiger partial charge is 0.437 e. The van der Waals surface area contributed by atoms with Crippen LogP contribution in [-0.2, 0) is 11.3 Å². The topological polar surface area (TPSA) is 36.0 Å². The molecule has 3 saturated heterocycles. The molecule has 3 heterocycles. The summed E-state index contributed by atoms with van der Waals surface area (Å²) in [7, 11) is 0. The molecule has 0 saturated carbocycles. The molecule has 1 aromatic rings. The lowest BCUT2D eigenvalue weighted by molar-refractivity contribution is -0.200. The first-order valence-corrected chi connectivity index (χ1v) is 12.6. The molecule has 1 aromatic carbocycles. The maximum atomic E-state index is 12.7. The number of piperidine rings is 2. The number of amides is 1. The third-order valence-electron chi connectivity index (χ3n) is 7.97. The molecule has 8 heteroatoms. The number of rotatable bonds is 4. The summed E-state index contributed by atoms with van der Waals surface area (Å²) >= 11 is 0. The van der Waals surface area contributed by atoms with Crippen molar-refractivity contribution in [1.29, 1.82) is 0 Å². The van der Waals surface area contributed by atoms with Crippen LogP contribution in [0.3, 0.4) is 0 Å². The van der Waals surface area contributed by atoms with Gasteiger partial charge in [-0.05, 0) is 81.0 Å². The lowest BCUT2D eigenvalue weighted by Crippen LogP contribution is -2.46. The molecule has 190 valence electrons. The normalized spacial score (nSPS) is 24.5. The first kappa shape index (κ1) is 25.1. The smallest absolute Gasteiger partial charge is 0.425 e. The Morgan fingerprint density at radius 1 is 1.18 bits per heavy atom. The number of hydrogen-bond donors (Lipinski definition) is 0. The van der Waals surface area contributed by atoms with Gasteiger partial charge in [0.15, 0.2) is 6.10 Å². The van der Waals surface area contributed by atoms with Gasteiger partial charge in [-0.25, -0.2) is 4.79 Å². The van der Waals surface area contributed by atoms with E-state index in [1.165, 1.54) is 34.6 Å². The molecule has 2 atom stereocenters. The molecule has 3 aliphatic heterocycles. The minimum atomic E-state index is -4.53. The maximum absolute atomic E-state index is 12.7. The van der Waals surface area contributed by atoms with Crippen molar-refractivity contribution in [3.05, 3.63) is 29.3 Å². The molecule has 1 spiro atoms. The lowest BCUT2D eigenvalue weighted by Gasteiger charge is -2.39. The highest BCUT2D eigenvalue weighted by atomic mass is 19.4. The number of carbonyl (C=O) groups is 1. The van der Waals surface area contributed by atoms with Gasteiger partial charge < -0.3 is 14.5 Å². The Hall–Kier alpha value is -1.96. The quantitative estimate of drug-likeness (QED) is 0.560. The summed E-state index contributed by atoms with van der Waals surface area (Å²) < 4.78 is 42.8. The summed E-state index contributed by atoms with van der Waals surface area (Å²) in [4.78, 5) is 18.7.